The summed E-state index contributed by atoms with van der Waals surface area (Å²) in [6.45, 7) is 1.97. The van der Waals surface area contributed by atoms with Crippen LogP contribution in [0.25, 0.3) is 0 Å². The van der Waals surface area contributed by atoms with Gasteiger partial charge in [0.2, 0.25) is 0 Å². The number of hydrogen-bond acceptors (Lipinski definition) is 2. The average Bonchev–Trinajstić information content (AvgIpc) is 2.27. The van der Waals surface area contributed by atoms with Crippen LogP contribution in [0, 0.1) is 6.92 Å². The van der Waals surface area contributed by atoms with Crippen LogP contribution in [0.1, 0.15) is 15.9 Å². The molecular formula is C14H13BrN2O. The first-order valence-corrected chi connectivity index (χ1v) is 6.28. The summed E-state index contributed by atoms with van der Waals surface area (Å²) in [6.07, 6.45) is 0. The lowest BCUT2D eigenvalue weighted by molar-refractivity contribution is 0.102. The lowest BCUT2D eigenvalue weighted by Crippen LogP contribution is -2.12. The van der Waals surface area contributed by atoms with Crippen molar-refractivity contribution in [1.29, 1.82) is 0 Å². The Hall–Kier alpha value is -1.81. The molecule has 0 fully saturated rings. The van der Waals surface area contributed by atoms with E-state index in [9.17, 15) is 4.79 Å². The first-order chi connectivity index (χ1) is 8.54. The van der Waals surface area contributed by atoms with Gasteiger partial charge in [0.05, 0.1) is 0 Å². The number of halogens is 1. The number of amides is 1. The molecule has 4 heteroatoms. The van der Waals surface area contributed by atoms with Crippen molar-refractivity contribution in [3.8, 4) is 0 Å². The van der Waals surface area contributed by atoms with Crippen LogP contribution in [0.4, 0.5) is 11.4 Å². The van der Waals surface area contributed by atoms with E-state index >= 15 is 0 Å². The monoisotopic (exact) mass is 304 g/mol. The molecular weight excluding hydrogens is 292 g/mol. The predicted molar refractivity (Wildman–Crippen MR) is 77.7 cm³/mol. The topological polar surface area (TPSA) is 55.1 Å². The third kappa shape index (κ3) is 3.11. The highest BCUT2D eigenvalue weighted by Crippen LogP contribution is 2.20. The van der Waals surface area contributed by atoms with Gasteiger partial charge in [-0.25, -0.2) is 0 Å². The number of nitrogen functional groups attached to an aromatic ring is 1. The van der Waals surface area contributed by atoms with Crippen LogP contribution >= 0.6 is 15.9 Å². The molecule has 2 aromatic carbocycles. The van der Waals surface area contributed by atoms with Crippen LogP contribution in [-0.2, 0) is 0 Å². The molecule has 0 atom stereocenters. The van der Waals surface area contributed by atoms with Gasteiger partial charge in [0, 0.05) is 21.4 Å². The van der Waals surface area contributed by atoms with E-state index in [1.807, 2.05) is 25.1 Å². The second-order valence-electron chi connectivity index (χ2n) is 4.10. The minimum atomic E-state index is -0.167. The van der Waals surface area contributed by atoms with Crippen LogP contribution in [0.15, 0.2) is 46.9 Å². The summed E-state index contributed by atoms with van der Waals surface area (Å²) in [5.74, 6) is -0.167. The Balaban J connectivity index is 2.21. The normalized spacial score (nSPS) is 10.1. The summed E-state index contributed by atoms with van der Waals surface area (Å²) in [5.41, 5.74) is 8.61. The van der Waals surface area contributed by atoms with E-state index in [-0.39, 0.29) is 5.91 Å². The second kappa shape index (κ2) is 5.23. The number of rotatable bonds is 2. The van der Waals surface area contributed by atoms with Crippen molar-refractivity contribution in [3.63, 3.8) is 0 Å². The van der Waals surface area contributed by atoms with E-state index in [0.29, 0.717) is 11.3 Å². The number of hydrogen-bond donors (Lipinski definition) is 2. The molecule has 0 saturated heterocycles. The minimum Gasteiger partial charge on any atom is -0.399 e. The Morgan fingerprint density at radius 2 is 2.00 bits per heavy atom. The lowest BCUT2D eigenvalue weighted by Gasteiger charge is -2.07. The third-order valence-electron chi connectivity index (χ3n) is 2.45. The number of carbonyl (C=O) groups is 1. The number of nitrogens with one attached hydrogen (secondary N) is 1. The predicted octanol–water partition coefficient (Wildman–Crippen LogP) is 3.59. The van der Waals surface area contributed by atoms with Gasteiger partial charge in [-0.2, -0.15) is 0 Å². The zero-order valence-corrected chi connectivity index (χ0v) is 11.5. The first-order valence-electron chi connectivity index (χ1n) is 5.49. The lowest BCUT2D eigenvalue weighted by atomic mass is 10.1. The zero-order chi connectivity index (χ0) is 13.1. The van der Waals surface area contributed by atoms with Crippen molar-refractivity contribution in [2.75, 3.05) is 11.1 Å². The van der Waals surface area contributed by atoms with Gasteiger partial charge in [0.25, 0.3) is 5.91 Å². The van der Waals surface area contributed by atoms with Crippen LogP contribution in [-0.4, -0.2) is 5.91 Å². The molecule has 0 spiro atoms. The Morgan fingerprint density at radius 1 is 1.22 bits per heavy atom. The molecule has 2 aromatic rings. The maximum Gasteiger partial charge on any atom is 0.255 e. The van der Waals surface area contributed by atoms with Gasteiger partial charge in [0.15, 0.2) is 0 Å². The van der Waals surface area contributed by atoms with Crippen LogP contribution in [0.2, 0.25) is 0 Å². The number of anilines is 2. The Labute approximate surface area is 114 Å². The van der Waals surface area contributed by atoms with Crippen LogP contribution < -0.4 is 11.1 Å². The Kier molecular flexibility index (Phi) is 3.67. The average molecular weight is 305 g/mol. The van der Waals surface area contributed by atoms with Crippen LogP contribution in [0.3, 0.4) is 0 Å². The molecule has 3 nitrogen and oxygen atoms in total. The molecule has 18 heavy (non-hydrogen) atoms. The van der Waals surface area contributed by atoms with Gasteiger partial charge in [0.1, 0.15) is 0 Å². The van der Waals surface area contributed by atoms with Crippen molar-refractivity contribution in [2.45, 2.75) is 6.92 Å². The van der Waals surface area contributed by atoms with E-state index in [1.165, 1.54) is 0 Å². The fraction of sp³-hybridized carbons (Fsp3) is 0.0714. The molecule has 0 radical (unpaired) electrons. The maximum atomic E-state index is 12.0. The SMILES string of the molecule is Cc1cc(Br)cc(NC(=O)c2cccc(N)c2)c1. The second-order valence-corrected chi connectivity index (χ2v) is 5.01. The van der Waals surface area contributed by atoms with Gasteiger partial charge < -0.3 is 11.1 Å². The van der Waals surface area contributed by atoms with Gasteiger partial charge in [-0.1, -0.05) is 22.0 Å². The van der Waals surface area contributed by atoms with Gasteiger partial charge in [-0.3, -0.25) is 4.79 Å². The standard InChI is InChI=1S/C14H13BrN2O/c1-9-5-11(15)8-13(6-9)17-14(18)10-3-2-4-12(16)7-10/h2-8H,16H2,1H3,(H,17,18). The van der Waals surface area contributed by atoms with Gasteiger partial charge in [-0.05, 0) is 48.9 Å². The van der Waals surface area contributed by atoms with E-state index in [0.717, 1.165) is 15.7 Å². The first kappa shape index (κ1) is 12.6. The highest BCUT2D eigenvalue weighted by Gasteiger charge is 2.06. The van der Waals surface area contributed by atoms with Crippen molar-refractivity contribution < 1.29 is 4.79 Å². The summed E-state index contributed by atoms with van der Waals surface area (Å²) in [5, 5.41) is 2.84. The molecule has 0 unspecified atom stereocenters. The number of nitrogens with two attached hydrogens (primary N) is 1. The Morgan fingerprint density at radius 3 is 2.67 bits per heavy atom. The van der Waals surface area contributed by atoms with Crippen LogP contribution in [0.5, 0.6) is 0 Å². The quantitative estimate of drug-likeness (QED) is 0.833. The Bertz CT molecular complexity index is 576. The summed E-state index contributed by atoms with van der Waals surface area (Å²) >= 11 is 3.40. The zero-order valence-electron chi connectivity index (χ0n) is 9.91. The summed E-state index contributed by atoms with van der Waals surface area (Å²) in [6, 6.07) is 12.6. The van der Waals surface area contributed by atoms with Crippen molar-refractivity contribution in [3.05, 3.63) is 58.1 Å². The molecule has 0 aliphatic carbocycles. The fourth-order valence-electron chi connectivity index (χ4n) is 1.69. The third-order valence-corrected chi connectivity index (χ3v) is 2.91. The molecule has 0 aliphatic heterocycles. The van der Waals surface area contributed by atoms with Gasteiger partial charge in [-0.15, -0.1) is 0 Å². The summed E-state index contributed by atoms with van der Waals surface area (Å²) in [4.78, 5) is 12.0. The highest BCUT2D eigenvalue weighted by molar-refractivity contribution is 9.10. The molecule has 0 aromatic heterocycles. The number of benzene rings is 2. The molecule has 3 N–H and O–H groups in total. The molecule has 92 valence electrons. The van der Waals surface area contributed by atoms with Crippen molar-refractivity contribution >= 4 is 33.2 Å². The number of carbonyl (C=O) groups excluding carboxylic acids is 1. The highest BCUT2D eigenvalue weighted by atomic mass is 79.9. The molecule has 0 bridgehead atoms. The van der Waals surface area contributed by atoms with Gasteiger partial charge >= 0.3 is 0 Å². The van der Waals surface area contributed by atoms with E-state index < -0.39 is 0 Å². The van der Waals surface area contributed by atoms with E-state index in [2.05, 4.69) is 21.2 Å². The molecule has 1 amide bonds. The van der Waals surface area contributed by atoms with E-state index in [1.54, 1.807) is 24.3 Å². The molecule has 0 saturated carbocycles. The summed E-state index contributed by atoms with van der Waals surface area (Å²) in [7, 11) is 0. The molecule has 2 rings (SSSR count). The minimum absolute atomic E-state index is 0.167. The molecule has 0 aliphatic rings. The van der Waals surface area contributed by atoms with Crippen molar-refractivity contribution in [2.24, 2.45) is 0 Å². The molecule has 0 heterocycles. The fourth-order valence-corrected chi connectivity index (χ4v) is 2.30. The van der Waals surface area contributed by atoms with E-state index in [4.69, 9.17) is 5.73 Å². The largest absolute Gasteiger partial charge is 0.399 e. The maximum absolute atomic E-state index is 12.0. The van der Waals surface area contributed by atoms with Crippen molar-refractivity contribution in [1.82, 2.24) is 0 Å². The smallest absolute Gasteiger partial charge is 0.255 e. The number of aryl methyl sites for hydroxylation is 1. The summed E-state index contributed by atoms with van der Waals surface area (Å²) < 4.78 is 0.936.